The summed E-state index contributed by atoms with van der Waals surface area (Å²) in [4.78, 5) is 1.99. The van der Waals surface area contributed by atoms with Crippen LogP contribution in [0.15, 0.2) is 4.34 Å². The van der Waals surface area contributed by atoms with Gasteiger partial charge in [-0.05, 0) is 12.5 Å². The van der Waals surface area contributed by atoms with Gasteiger partial charge in [0.1, 0.15) is 0 Å². The highest BCUT2D eigenvalue weighted by Crippen LogP contribution is 2.30. The Kier molecular flexibility index (Phi) is 5.22. The van der Waals surface area contributed by atoms with Gasteiger partial charge in [0.05, 0.1) is 0 Å². The van der Waals surface area contributed by atoms with Crippen LogP contribution in [0.1, 0.15) is 20.8 Å². The van der Waals surface area contributed by atoms with Crippen LogP contribution in [0.3, 0.4) is 0 Å². The quantitative estimate of drug-likeness (QED) is 0.835. The summed E-state index contributed by atoms with van der Waals surface area (Å²) >= 11 is 3.42. The van der Waals surface area contributed by atoms with Crippen LogP contribution < -0.4 is 10.2 Å². The van der Waals surface area contributed by atoms with Gasteiger partial charge in [0.25, 0.3) is 0 Å². The van der Waals surface area contributed by atoms with Gasteiger partial charge in [-0.25, -0.2) is 0 Å². The number of hydrogen-bond donors (Lipinski definition) is 1. The summed E-state index contributed by atoms with van der Waals surface area (Å²) in [5.41, 5.74) is 0.261. The van der Waals surface area contributed by atoms with Crippen molar-refractivity contribution >= 4 is 28.2 Å². The van der Waals surface area contributed by atoms with Gasteiger partial charge in [-0.1, -0.05) is 43.9 Å². The van der Waals surface area contributed by atoms with Gasteiger partial charge in [-0.2, -0.15) is 0 Å². The fourth-order valence-electron chi connectivity index (χ4n) is 1.36. The van der Waals surface area contributed by atoms with E-state index in [1.807, 2.05) is 26.0 Å². The lowest BCUT2D eigenvalue weighted by Crippen LogP contribution is -2.40. The van der Waals surface area contributed by atoms with Crippen LogP contribution in [0, 0.1) is 5.41 Å². The molecule has 1 N–H and O–H groups in total. The molecular weight excluding hydrogens is 252 g/mol. The number of nitrogens with zero attached hydrogens (tertiary/aromatic N) is 3. The van der Waals surface area contributed by atoms with E-state index in [1.165, 1.54) is 0 Å². The highest BCUT2D eigenvalue weighted by Gasteiger charge is 2.23. The topological polar surface area (TPSA) is 41.1 Å². The molecule has 17 heavy (non-hydrogen) atoms. The molecule has 1 aromatic rings. The average Bonchev–Trinajstić information content (AvgIpc) is 2.65. The van der Waals surface area contributed by atoms with Crippen LogP contribution in [-0.4, -0.2) is 43.1 Å². The van der Waals surface area contributed by atoms with Crippen LogP contribution in [0.4, 0.5) is 5.13 Å². The Balaban J connectivity index is 2.54. The summed E-state index contributed by atoms with van der Waals surface area (Å²) in [5, 5.41) is 12.7. The lowest BCUT2D eigenvalue weighted by molar-refractivity contribution is 0.305. The number of aromatic nitrogens is 2. The van der Waals surface area contributed by atoms with E-state index in [4.69, 9.17) is 0 Å². The Morgan fingerprint density at radius 3 is 2.41 bits per heavy atom. The van der Waals surface area contributed by atoms with Gasteiger partial charge >= 0.3 is 0 Å². The van der Waals surface area contributed by atoms with E-state index < -0.39 is 0 Å². The molecule has 1 atom stereocenters. The Morgan fingerprint density at radius 2 is 2.00 bits per heavy atom. The standard InChI is InChI=1S/C11H22N4S2/c1-11(2,3)8(12-4)7-16-10-14-13-9(17-10)15(5)6/h8,12H,7H2,1-6H3. The fourth-order valence-corrected chi connectivity index (χ4v) is 3.60. The van der Waals surface area contributed by atoms with Gasteiger partial charge in [-0.3, -0.25) is 0 Å². The summed E-state index contributed by atoms with van der Waals surface area (Å²) in [6.45, 7) is 6.75. The second kappa shape index (κ2) is 6.02. The molecule has 0 saturated carbocycles. The van der Waals surface area contributed by atoms with Gasteiger partial charge in [0.2, 0.25) is 5.13 Å². The fraction of sp³-hybridized carbons (Fsp3) is 0.818. The molecule has 0 aliphatic rings. The molecule has 0 amide bonds. The molecule has 0 aliphatic heterocycles. The van der Waals surface area contributed by atoms with E-state index in [-0.39, 0.29) is 5.41 Å². The summed E-state index contributed by atoms with van der Waals surface area (Å²) in [6.07, 6.45) is 0. The van der Waals surface area contributed by atoms with E-state index in [1.54, 1.807) is 23.1 Å². The normalized spacial score (nSPS) is 13.8. The Morgan fingerprint density at radius 1 is 1.35 bits per heavy atom. The first-order valence-corrected chi connectivity index (χ1v) is 7.45. The Labute approximate surface area is 112 Å². The summed E-state index contributed by atoms with van der Waals surface area (Å²) < 4.78 is 1.04. The smallest absolute Gasteiger partial charge is 0.208 e. The summed E-state index contributed by atoms with van der Waals surface area (Å²) in [6, 6.07) is 0.471. The monoisotopic (exact) mass is 274 g/mol. The molecule has 98 valence electrons. The zero-order valence-electron chi connectivity index (χ0n) is 11.4. The SMILES string of the molecule is CNC(CSc1nnc(N(C)C)s1)C(C)(C)C. The van der Waals surface area contributed by atoms with E-state index in [0.717, 1.165) is 15.2 Å². The molecule has 1 aromatic heterocycles. The van der Waals surface area contributed by atoms with Crippen LogP contribution in [0.5, 0.6) is 0 Å². The molecule has 0 aromatic carbocycles. The van der Waals surface area contributed by atoms with E-state index in [0.29, 0.717) is 6.04 Å². The third kappa shape index (κ3) is 4.44. The van der Waals surface area contributed by atoms with Crippen molar-refractivity contribution < 1.29 is 0 Å². The third-order valence-electron chi connectivity index (χ3n) is 2.55. The highest BCUT2D eigenvalue weighted by molar-refractivity contribution is 8.01. The third-order valence-corrected chi connectivity index (χ3v) is 4.86. The largest absolute Gasteiger partial charge is 0.353 e. The minimum absolute atomic E-state index is 0.261. The molecule has 1 rings (SSSR count). The van der Waals surface area contributed by atoms with Crippen molar-refractivity contribution in [2.24, 2.45) is 5.41 Å². The predicted molar refractivity (Wildman–Crippen MR) is 77.3 cm³/mol. The van der Waals surface area contributed by atoms with Gasteiger partial charge in [0, 0.05) is 25.9 Å². The summed E-state index contributed by atoms with van der Waals surface area (Å²) in [5.74, 6) is 1.02. The van der Waals surface area contributed by atoms with Crippen molar-refractivity contribution in [1.29, 1.82) is 0 Å². The molecule has 1 heterocycles. The molecule has 1 unspecified atom stereocenters. The first-order chi connectivity index (χ1) is 7.84. The van der Waals surface area contributed by atoms with Gasteiger partial charge in [0.15, 0.2) is 4.34 Å². The number of rotatable bonds is 5. The molecule has 0 radical (unpaired) electrons. The number of thioether (sulfide) groups is 1. The maximum Gasteiger partial charge on any atom is 0.208 e. The second-order valence-electron chi connectivity index (χ2n) is 5.26. The number of nitrogens with one attached hydrogen (secondary N) is 1. The first-order valence-electron chi connectivity index (χ1n) is 5.65. The van der Waals surface area contributed by atoms with Gasteiger partial charge in [-0.15, -0.1) is 10.2 Å². The Bertz CT molecular complexity index is 343. The molecule has 0 spiro atoms. The van der Waals surface area contributed by atoms with Crippen molar-refractivity contribution in [1.82, 2.24) is 15.5 Å². The molecule has 0 aliphatic carbocycles. The van der Waals surface area contributed by atoms with Gasteiger partial charge < -0.3 is 10.2 Å². The van der Waals surface area contributed by atoms with Crippen LogP contribution in [0.25, 0.3) is 0 Å². The minimum atomic E-state index is 0.261. The number of hydrogen-bond acceptors (Lipinski definition) is 6. The lowest BCUT2D eigenvalue weighted by Gasteiger charge is -2.29. The maximum absolute atomic E-state index is 4.19. The molecule has 0 bridgehead atoms. The molecular formula is C11H22N4S2. The number of anilines is 1. The van der Waals surface area contributed by atoms with E-state index in [9.17, 15) is 0 Å². The van der Waals surface area contributed by atoms with E-state index in [2.05, 4.69) is 36.3 Å². The zero-order valence-corrected chi connectivity index (χ0v) is 13.1. The maximum atomic E-state index is 4.19. The average molecular weight is 274 g/mol. The van der Waals surface area contributed by atoms with E-state index >= 15 is 0 Å². The molecule has 4 nitrogen and oxygen atoms in total. The minimum Gasteiger partial charge on any atom is -0.353 e. The summed E-state index contributed by atoms with van der Waals surface area (Å²) in [7, 11) is 5.99. The van der Waals surface area contributed by atoms with Crippen molar-refractivity contribution in [3.63, 3.8) is 0 Å². The molecule has 0 saturated heterocycles. The predicted octanol–water partition coefficient (Wildman–Crippen LogP) is 2.33. The van der Waals surface area contributed by atoms with Crippen molar-refractivity contribution in [3.8, 4) is 0 Å². The van der Waals surface area contributed by atoms with Crippen LogP contribution >= 0.6 is 23.1 Å². The van der Waals surface area contributed by atoms with Crippen LogP contribution in [0.2, 0.25) is 0 Å². The second-order valence-corrected chi connectivity index (χ2v) is 7.49. The van der Waals surface area contributed by atoms with Crippen molar-refractivity contribution in [3.05, 3.63) is 0 Å². The lowest BCUT2D eigenvalue weighted by atomic mass is 9.88. The van der Waals surface area contributed by atoms with Crippen molar-refractivity contribution in [2.75, 3.05) is 31.8 Å². The highest BCUT2D eigenvalue weighted by atomic mass is 32.2. The molecule has 6 heteroatoms. The van der Waals surface area contributed by atoms with Crippen LogP contribution in [-0.2, 0) is 0 Å². The zero-order chi connectivity index (χ0) is 13.1. The van der Waals surface area contributed by atoms with Crippen molar-refractivity contribution in [2.45, 2.75) is 31.2 Å². The molecule has 0 fully saturated rings. The first kappa shape index (κ1) is 14.7. The Hall–Kier alpha value is -0.330.